The molecular weight excluding hydrogens is 322 g/mol. The van der Waals surface area contributed by atoms with Crippen molar-refractivity contribution in [3.8, 4) is 0 Å². The molecule has 1 aromatic carbocycles. The Morgan fingerprint density at radius 1 is 1.35 bits per heavy atom. The van der Waals surface area contributed by atoms with Crippen LogP contribution in [0.25, 0.3) is 10.9 Å². The highest BCUT2D eigenvalue weighted by Crippen LogP contribution is 2.02. The Kier molecular flexibility index (Phi) is 5.06. The summed E-state index contributed by atoms with van der Waals surface area (Å²) in [7, 11) is -2.10. The molecule has 0 aliphatic heterocycles. The molecule has 0 radical (unpaired) electrons. The van der Waals surface area contributed by atoms with Gasteiger partial charge < -0.3 is 5.32 Å². The van der Waals surface area contributed by atoms with E-state index >= 15 is 0 Å². The third-order valence-corrected chi connectivity index (χ3v) is 4.47. The highest BCUT2D eigenvalue weighted by molar-refractivity contribution is 7.88. The fraction of sp³-hybridized carbons (Fsp3) is 0.385. The van der Waals surface area contributed by atoms with E-state index in [1.165, 1.54) is 7.05 Å². The SMILES string of the molecule is CN(CC(=O)NCCn1nnc2ccccc2c1=O)S(C)(=O)=O. The minimum atomic E-state index is -3.41. The smallest absolute Gasteiger partial charge is 0.277 e. The molecule has 0 saturated heterocycles. The molecule has 0 aliphatic rings. The molecule has 23 heavy (non-hydrogen) atoms. The monoisotopic (exact) mass is 339 g/mol. The second-order valence-corrected chi connectivity index (χ2v) is 7.09. The quantitative estimate of drug-likeness (QED) is 0.707. The van der Waals surface area contributed by atoms with Gasteiger partial charge in [-0.3, -0.25) is 9.59 Å². The predicted octanol–water partition coefficient (Wildman–Crippen LogP) is -1.20. The number of aromatic nitrogens is 3. The number of rotatable bonds is 6. The summed E-state index contributed by atoms with van der Waals surface area (Å²) >= 11 is 0. The summed E-state index contributed by atoms with van der Waals surface area (Å²) in [5, 5.41) is 10.7. The van der Waals surface area contributed by atoms with Crippen molar-refractivity contribution in [3.05, 3.63) is 34.6 Å². The van der Waals surface area contributed by atoms with Crippen molar-refractivity contribution in [2.24, 2.45) is 0 Å². The molecule has 0 saturated carbocycles. The van der Waals surface area contributed by atoms with Crippen molar-refractivity contribution in [2.75, 3.05) is 26.4 Å². The van der Waals surface area contributed by atoms with E-state index in [0.717, 1.165) is 15.2 Å². The highest BCUT2D eigenvalue weighted by atomic mass is 32.2. The summed E-state index contributed by atoms with van der Waals surface area (Å²) < 4.78 is 24.5. The number of likely N-dealkylation sites (N-methyl/N-ethyl adjacent to an activating group) is 1. The maximum Gasteiger partial charge on any atom is 0.277 e. The predicted molar refractivity (Wildman–Crippen MR) is 84.3 cm³/mol. The number of nitrogens with zero attached hydrogens (tertiary/aromatic N) is 4. The first kappa shape index (κ1) is 17.0. The molecule has 1 aromatic heterocycles. The third kappa shape index (κ3) is 4.33. The van der Waals surface area contributed by atoms with Gasteiger partial charge in [0, 0.05) is 13.6 Å². The second-order valence-electron chi connectivity index (χ2n) is 5.00. The number of carbonyl (C=O) groups is 1. The fourth-order valence-corrected chi connectivity index (χ4v) is 2.20. The van der Waals surface area contributed by atoms with E-state index < -0.39 is 15.9 Å². The van der Waals surface area contributed by atoms with E-state index in [2.05, 4.69) is 15.6 Å². The molecule has 0 atom stereocenters. The summed E-state index contributed by atoms with van der Waals surface area (Å²) in [6, 6.07) is 6.84. The van der Waals surface area contributed by atoms with Crippen LogP contribution in [0.4, 0.5) is 0 Å². The number of amides is 1. The van der Waals surface area contributed by atoms with Crippen molar-refractivity contribution >= 4 is 26.8 Å². The molecule has 2 rings (SSSR count). The van der Waals surface area contributed by atoms with Gasteiger partial charge in [-0.05, 0) is 12.1 Å². The van der Waals surface area contributed by atoms with Crippen LogP contribution in [-0.2, 0) is 21.4 Å². The van der Waals surface area contributed by atoms with Crippen molar-refractivity contribution in [3.63, 3.8) is 0 Å². The Morgan fingerprint density at radius 3 is 2.74 bits per heavy atom. The highest BCUT2D eigenvalue weighted by Gasteiger charge is 2.14. The molecule has 0 aliphatic carbocycles. The molecule has 124 valence electrons. The zero-order valence-corrected chi connectivity index (χ0v) is 13.6. The van der Waals surface area contributed by atoms with Crippen LogP contribution in [0.3, 0.4) is 0 Å². The van der Waals surface area contributed by atoms with Crippen LogP contribution in [0.5, 0.6) is 0 Å². The lowest BCUT2D eigenvalue weighted by Crippen LogP contribution is -2.39. The van der Waals surface area contributed by atoms with Gasteiger partial charge in [-0.2, -0.15) is 4.31 Å². The number of fused-ring (bicyclic) bond motifs is 1. The van der Waals surface area contributed by atoms with Crippen molar-refractivity contribution < 1.29 is 13.2 Å². The van der Waals surface area contributed by atoms with E-state index in [-0.39, 0.29) is 25.2 Å². The van der Waals surface area contributed by atoms with E-state index in [4.69, 9.17) is 0 Å². The molecule has 1 amide bonds. The Balaban J connectivity index is 1.96. The fourth-order valence-electron chi connectivity index (χ4n) is 1.85. The number of hydrogen-bond donors (Lipinski definition) is 1. The zero-order chi connectivity index (χ0) is 17.0. The molecule has 0 spiro atoms. The molecule has 0 fully saturated rings. The van der Waals surface area contributed by atoms with Gasteiger partial charge in [-0.25, -0.2) is 13.1 Å². The van der Waals surface area contributed by atoms with Gasteiger partial charge in [0.15, 0.2) is 0 Å². The largest absolute Gasteiger partial charge is 0.353 e. The number of nitrogens with one attached hydrogen (secondary N) is 1. The lowest BCUT2D eigenvalue weighted by atomic mass is 10.2. The number of sulfonamides is 1. The van der Waals surface area contributed by atoms with Crippen LogP contribution in [-0.4, -0.2) is 60.0 Å². The number of carbonyl (C=O) groups excluding carboxylic acids is 1. The van der Waals surface area contributed by atoms with Crippen LogP contribution in [0.15, 0.2) is 29.1 Å². The van der Waals surface area contributed by atoms with Crippen LogP contribution < -0.4 is 10.9 Å². The van der Waals surface area contributed by atoms with Gasteiger partial charge >= 0.3 is 0 Å². The molecule has 1 N–H and O–H groups in total. The molecule has 9 nitrogen and oxygen atoms in total. The Hall–Kier alpha value is -2.33. The number of benzene rings is 1. The standard InChI is InChI=1S/C13H17N5O4S/c1-17(23(2,21)22)9-12(19)14-7-8-18-13(20)10-5-3-4-6-11(10)15-16-18/h3-6H,7-9H2,1-2H3,(H,14,19). The average Bonchev–Trinajstić information content (AvgIpc) is 2.49. The summed E-state index contributed by atoms with van der Waals surface area (Å²) in [6.45, 7) is 0.00545. The maximum atomic E-state index is 12.2. The summed E-state index contributed by atoms with van der Waals surface area (Å²) in [5.41, 5.74) is 0.214. The number of hydrogen-bond acceptors (Lipinski definition) is 6. The van der Waals surface area contributed by atoms with Crippen molar-refractivity contribution in [1.29, 1.82) is 0 Å². The van der Waals surface area contributed by atoms with E-state index in [9.17, 15) is 18.0 Å². The van der Waals surface area contributed by atoms with Crippen LogP contribution in [0, 0.1) is 0 Å². The molecule has 2 aromatic rings. The first-order valence-corrected chi connectivity index (χ1v) is 8.64. The topological polar surface area (TPSA) is 114 Å². The molecule has 10 heteroatoms. The lowest BCUT2D eigenvalue weighted by Gasteiger charge is -2.13. The van der Waals surface area contributed by atoms with Crippen LogP contribution in [0.1, 0.15) is 0 Å². The molecule has 0 unspecified atom stereocenters. The minimum absolute atomic E-state index is 0.142. The Bertz CT molecular complexity index is 877. The van der Waals surface area contributed by atoms with Crippen molar-refractivity contribution in [1.82, 2.24) is 24.6 Å². The van der Waals surface area contributed by atoms with Gasteiger partial charge in [0.05, 0.1) is 24.7 Å². The molecule has 0 bridgehead atoms. The maximum absolute atomic E-state index is 12.2. The van der Waals surface area contributed by atoms with E-state index in [1.54, 1.807) is 24.3 Å². The molecule has 1 heterocycles. The van der Waals surface area contributed by atoms with Crippen molar-refractivity contribution in [2.45, 2.75) is 6.54 Å². The summed E-state index contributed by atoms with van der Waals surface area (Å²) in [6.07, 6.45) is 1.02. The summed E-state index contributed by atoms with van der Waals surface area (Å²) in [4.78, 5) is 23.8. The normalized spacial score (nSPS) is 11.8. The lowest BCUT2D eigenvalue weighted by molar-refractivity contribution is -0.121. The van der Waals surface area contributed by atoms with E-state index in [0.29, 0.717) is 10.9 Å². The third-order valence-electron chi connectivity index (χ3n) is 3.21. The second kappa shape index (κ2) is 6.84. The van der Waals surface area contributed by atoms with Crippen LogP contribution in [0.2, 0.25) is 0 Å². The van der Waals surface area contributed by atoms with Crippen LogP contribution >= 0.6 is 0 Å². The van der Waals surface area contributed by atoms with Gasteiger partial charge in [-0.1, -0.05) is 17.3 Å². The Labute approximate surface area is 133 Å². The van der Waals surface area contributed by atoms with E-state index in [1.807, 2.05) is 0 Å². The average molecular weight is 339 g/mol. The Morgan fingerprint density at radius 2 is 2.04 bits per heavy atom. The van der Waals surface area contributed by atoms with Gasteiger partial charge in [-0.15, -0.1) is 5.10 Å². The van der Waals surface area contributed by atoms with Gasteiger partial charge in [0.25, 0.3) is 5.56 Å². The first-order chi connectivity index (χ1) is 10.8. The summed E-state index contributed by atoms with van der Waals surface area (Å²) in [5.74, 6) is -0.459. The van der Waals surface area contributed by atoms with Gasteiger partial charge in [0.1, 0.15) is 5.52 Å². The minimum Gasteiger partial charge on any atom is -0.353 e. The van der Waals surface area contributed by atoms with Gasteiger partial charge in [0.2, 0.25) is 15.9 Å². The first-order valence-electron chi connectivity index (χ1n) is 6.79. The molecular formula is C13H17N5O4S. The zero-order valence-electron chi connectivity index (χ0n) is 12.8.